The zero-order chi connectivity index (χ0) is 16.8. The molecule has 0 atom stereocenters. The van der Waals surface area contributed by atoms with E-state index in [4.69, 9.17) is 4.74 Å². The summed E-state index contributed by atoms with van der Waals surface area (Å²) in [6.45, 7) is 5.75. The number of hydrazone groups is 1. The van der Waals surface area contributed by atoms with Gasteiger partial charge in [0.05, 0.1) is 5.71 Å². The van der Waals surface area contributed by atoms with Gasteiger partial charge in [0.2, 0.25) is 0 Å². The fourth-order valence-electron chi connectivity index (χ4n) is 2.12. The number of aryl methyl sites for hydroxylation is 2. The van der Waals surface area contributed by atoms with Crippen LogP contribution in [0.25, 0.3) is 0 Å². The summed E-state index contributed by atoms with van der Waals surface area (Å²) in [5.41, 5.74) is 6.38. The second kappa shape index (κ2) is 7.92. The molecule has 5 heteroatoms. The third kappa shape index (κ3) is 5.53. The SMILES string of the molecule is C/C(=N\NC(=O)COc1cc(C)cc(C)c1)c1cccc(Br)c1. The highest BCUT2D eigenvalue weighted by molar-refractivity contribution is 9.10. The van der Waals surface area contributed by atoms with Gasteiger partial charge in [-0.05, 0) is 61.7 Å². The van der Waals surface area contributed by atoms with Gasteiger partial charge < -0.3 is 4.74 Å². The van der Waals surface area contributed by atoms with E-state index in [-0.39, 0.29) is 12.5 Å². The van der Waals surface area contributed by atoms with Gasteiger partial charge in [0.25, 0.3) is 5.91 Å². The molecule has 0 spiro atoms. The Kier molecular flexibility index (Phi) is 5.93. The number of halogens is 1. The van der Waals surface area contributed by atoms with Crippen molar-refractivity contribution < 1.29 is 9.53 Å². The van der Waals surface area contributed by atoms with Crippen molar-refractivity contribution in [2.45, 2.75) is 20.8 Å². The van der Waals surface area contributed by atoms with Gasteiger partial charge in [0.1, 0.15) is 5.75 Å². The molecule has 23 heavy (non-hydrogen) atoms. The van der Waals surface area contributed by atoms with E-state index in [1.54, 1.807) is 0 Å². The van der Waals surface area contributed by atoms with Gasteiger partial charge in [0, 0.05) is 4.47 Å². The van der Waals surface area contributed by atoms with Crippen LogP contribution in [0.2, 0.25) is 0 Å². The Hall–Kier alpha value is -2.14. The fraction of sp³-hybridized carbons (Fsp3) is 0.222. The van der Waals surface area contributed by atoms with E-state index in [9.17, 15) is 4.79 Å². The first-order valence-corrected chi connectivity index (χ1v) is 8.03. The maximum atomic E-state index is 11.8. The van der Waals surface area contributed by atoms with Gasteiger partial charge in [-0.25, -0.2) is 5.43 Å². The number of hydrogen-bond acceptors (Lipinski definition) is 3. The summed E-state index contributed by atoms with van der Waals surface area (Å²) in [6, 6.07) is 13.6. The molecular formula is C18H19BrN2O2. The largest absolute Gasteiger partial charge is 0.484 e. The van der Waals surface area contributed by atoms with Crippen molar-refractivity contribution in [3.8, 4) is 5.75 Å². The Bertz CT molecular complexity index is 721. The third-order valence-electron chi connectivity index (χ3n) is 3.16. The van der Waals surface area contributed by atoms with Gasteiger partial charge in [-0.1, -0.05) is 34.1 Å². The molecule has 0 aliphatic rings. The smallest absolute Gasteiger partial charge is 0.277 e. The Morgan fingerprint density at radius 1 is 1.17 bits per heavy atom. The number of rotatable bonds is 5. The third-order valence-corrected chi connectivity index (χ3v) is 3.65. The minimum Gasteiger partial charge on any atom is -0.484 e. The molecular weight excluding hydrogens is 356 g/mol. The van der Waals surface area contributed by atoms with Gasteiger partial charge in [0.15, 0.2) is 6.61 Å². The average molecular weight is 375 g/mol. The lowest BCUT2D eigenvalue weighted by molar-refractivity contribution is -0.123. The number of benzene rings is 2. The Balaban J connectivity index is 1.90. The number of ether oxygens (including phenoxy) is 1. The summed E-state index contributed by atoms with van der Waals surface area (Å²) in [5, 5.41) is 4.10. The van der Waals surface area contributed by atoms with Gasteiger partial charge in [-0.15, -0.1) is 0 Å². The number of amides is 1. The highest BCUT2D eigenvalue weighted by Crippen LogP contribution is 2.16. The molecule has 0 aliphatic heterocycles. The summed E-state index contributed by atoms with van der Waals surface area (Å²) in [6.07, 6.45) is 0. The van der Waals surface area contributed by atoms with Crippen LogP contribution >= 0.6 is 15.9 Å². The first-order chi connectivity index (χ1) is 10.9. The van der Waals surface area contributed by atoms with E-state index in [1.807, 2.05) is 57.2 Å². The van der Waals surface area contributed by atoms with Crippen molar-refractivity contribution in [1.82, 2.24) is 5.43 Å². The van der Waals surface area contributed by atoms with Gasteiger partial charge in [-0.3, -0.25) is 4.79 Å². The lowest BCUT2D eigenvalue weighted by atomic mass is 10.1. The van der Waals surface area contributed by atoms with Crippen LogP contribution in [0.1, 0.15) is 23.6 Å². The molecule has 2 aromatic rings. The molecule has 0 aromatic heterocycles. The van der Waals surface area contributed by atoms with Crippen LogP contribution in [0.15, 0.2) is 52.0 Å². The highest BCUT2D eigenvalue weighted by atomic mass is 79.9. The van der Waals surface area contributed by atoms with Crippen LogP contribution in [-0.2, 0) is 4.79 Å². The molecule has 0 heterocycles. The minimum absolute atomic E-state index is 0.0713. The minimum atomic E-state index is -0.293. The van der Waals surface area contributed by atoms with E-state index in [2.05, 4.69) is 32.5 Å². The number of hydrogen-bond donors (Lipinski definition) is 1. The number of nitrogens with zero attached hydrogens (tertiary/aromatic N) is 1. The standard InChI is InChI=1S/C18H19BrN2O2/c1-12-7-13(2)9-17(8-12)23-11-18(22)21-20-14(3)15-5-4-6-16(19)10-15/h4-10H,11H2,1-3H3,(H,21,22)/b20-14+. The zero-order valence-corrected chi connectivity index (χ0v) is 15.0. The molecule has 1 N–H and O–H groups in total. The molecule has 0 saturated heterocycles. The highest BCUT2D eigenvalue weighted by Gasteiger charge is 2.04. The van der Waals surface area contributed by atoms with Crippen LogP contribution in [0.4, 0.5) is 0 Å². The summed E-state index contributed by atoms with van der Waals surface area (Å²) in [5.74, 6) is 0.392. The molecule has 0 saturated carbocycles. The van der Waals surface area contributed by atoms with Crippen molar-refractivity contribution in [1.29, 1.82) is 0 Å². The van der Waals surface area contributed by atoms with Crippen molar-refractivity contribution in [2.75, 3.05) is 6.61 Å². The Morgan fingerprint density at radius 2 is 1.87 bits per heavy atom. The van der Waals surface area contributed by atoms with E-state index < -0.39 is 0 Å². The molecule has 0 fully saturated rings. The molecule has 4 nitrogen and oxygen atoms in total. The van der Waals surface area contributed by atoms with Crippen molar-refractivity contribution in [3.63, 3.8) is 0 Å². The first-order valence-electron chi connectivity index (χ1n) is 7.24. The van der Waals surface area contributed by atoms with Crippen LogP contribution in [0.3, 0.4) is 0 Å². The summed E-state index contributed by atoms with van der Waals surface area (Å²) in [4.78, 5) is 11.8. The molecule has 120 valence electrons. The maximum absolute atomic E-state index is 11.8. The molecule has 2 rings (SSSR count). The molecule has 0 radical (unpaired) electrons. The quantitative estimate of drug-likeness (QED) is 0.635. The molecule has 1 amide bonds. The van der Waals surface area contributed by atoms with E-state index >= 15 is 0 Å². The van der Waals surface area contributed by atoms with E-state index in [0.29, 0.717) is 5.75 Å². The lowest BCUT2D eigenvalue weighted by Crippen LogP contribution is -2.25. The predicted molar refractivity (Wildman–Crippen MR) is 95.9 cm³/mol. The van der Waals surface area contributed by atoms with Crippen LogP contribution in [0, 0.1) is 13.8 Å². The number of carbonyl (C=O) groups excluding carboxylic acids is 1. The monoisotopic (exact) mass is 374 g/mol. The van der Waals surface area contributed by atoms with E-state index in [1.165, 1.54) is 0 Å². The predicted octanol–water partition coefficient (Wildman–Crippen LogP) is 3.99. The van der Waals surface area contributed by atoms with E-state index in [0.717, 1.165) is 26.9 Å². The molecule has 0 aliphatic carbocycles. The molecule has 2 aromatic carbocycles. The second-order valence-corrected chi connectivity index (χ2v) is 6.27. The topological polar surface area (TPSA) is 50.7 Å². The molecule has 0 unspecified atom stereocenters. The summed E-state index contributed by atoms with van der Waals surface area (Å²) >= 11 is 3.41. The maximum Gasteiger partial charge on any atom is 0.277 e. The Morgan fingerprint density at radius 3 is 2.52 bits per heavy atom. The van der Waals surface area contributed by atoms with Gasteiger partial charge in [-0.2, -0.15) is 5.10 Å². The van der Waals surface area contributed by atoms with Crippen molar-refractivity contribution in [2.24, 2.45) is 5.10 Å². The number of carbonyl (C=O) groups is 1. The van der Waals surface area contributed by atoms with Crippen LogP contribution < -0.4 is 10.2 Å². The van der Waals surface area contributed by atoms with Crippen LogP contribution in [0.5, 0.6) is 5.75 Å². The summed E-state index contributed by atoms with van der Waals surface area (Å²) < 4.78 is 6.46. The molecule has 0 bridgehead atoms. The lowest BCUT2D eigenvalue weighted by Gasteiger charge is -2.08. The first kappa shape index (κ1) is 17.2. The fourth-order valence-corrected chi connectivity index (χ4v) is 2.52. The van der Waals surface area contributed by atoms with Gasteiger partial charge >= 0.3 is 0 Å². The number of nitrogens with one attached hydrogen (secondary N) is 1. The average Bonchev–Trinajstić information content (AvgIpc) is 2.49. The Labute approximate surface area is 144 Å². The second-order valence-electron chi connectivity index (χ2n) is 5.35. The normalized spacial score (nSPS) is 11.2. The zero-order valence-electron chi connectivity index (χ0n) is 13.4. The van der Waals surface area contributed by atoms with Crippen molar-refractivity contribution in [3.05, 3.63) is 63.6 Å². The summed E-state index contributed by atoms with van der Waals surface area (Å²) in [7, 11) is 0. The van der Waals surface area contributed by atoms with Crippen molar-refractivity contribution >= 4 is 27.5 Å². The van der Waals surface area contributed by atoms with Crippen LogP contribution in [-0.4, -0.2) is 18.2 Å².